The fraction of sp³-hybridized carbons (Fsp3) is 0.227. The van der Waals surface area contributed by atoms with Gasteiger partial charge in [-0.3, -0.25) is 14.6 Å². The molecule has 0 bridgehead atoms. The Morgan fingerprint density at radius 3 is 2.62 bits per heavy atom. The molecule has 10 heteroatoms. The number of aromatic nitrogens is 3. The maximum atomic E-state index is 12.7. The van der Waals surface area contributed by atoms with Gasteiger partial charge in [0.05, 0.1) is 5.69 Å². The number of anilines is 1. The lowest BCUT2D eigenvalue weighted by Gasteiger charge is -2.13. The van der Waals surface area contributed by atoms with E-state index in [0.29, 0.717) is 41.2 Å². The van der Waals surface area contributed by atoms with Gasteiger partial charge in [0.25, 0.3) is 5.91 Å². The Kier molecular flexibility index (Phi) is 6.04. The standard InChI is InChI=1S/C22H21FN6O3/c23-10-12-1-6-15(26-11-12)19(30)13-2-4-14(5-3-13)21-28-17(20(24)31)9-18(29-21)27-16-7-8-25-22(16)32/h1-6,9,11,16,19,30H,7-8,10H2,(H2,24,31)(H,25,32)(H,27,28,29). The van der Waals surface area contributed by atoms with Crippen molar-refractivity contribution in [2.45, 2.75) is 25.2 Å². The Morgan fingerprint density at radius 2 is 2.03 bits per heavy atom. The van der Waals surface area contributed by atoms with Crippen LogP contribution in [0.15, 0.2) is 48.7 Å². The largest absolute Gasteiger partial charge is 0.382 e. The van der Waals surface area contributed by atoms with Gasteiger partial charge in [-0.15, -0.1) is 0 Å². The van der Waals surface area contributed by atoms with Crippen molar-refractivity contribution in [3.8, 4) is 11.4 Å². The number of nitrogens with two attached hydrogens (primary N) is 1. The van der Waals surface area contributed by atoms with E-state index in [2.05, 4.69) is 25.6 Å². The third-order valence-electron chi connectivity index (χ3n) is 5.12. The van der Waals surface area contributed by atoms with E-state index in [1.54, 1.807) is 36.4 Å². The number of hydrogen-bond acceptors (Lipinski definition) is 7. The number of carbonyl (C=O) groups is 2. The normalized spacial score (nSPS) is 16.4. The van der Waals surface area contributed by atoms with Gasteiger partial charge in [0, 0.05) is 29.9 Å². The maximum absolute atomic E-state index is 12.7. The number of benzene rings is 1. The summed E-state index contributed by atoms with van der Waals surface area (Å²) in [4.78, 5) is 36.3. The van der Waals surface area contributed by atoms with Crippen molar-refractivity contribution in [2.75, 3.05) is 11.9 Å². The van der Waals surface area contributed by atoms with Gasteiger partial charge in [-0.25, -0.2) is 14.4 Å². The molecule has 2 unspecified atom stereocenters. The van der Waals surface area contributed by atoms with Crippen molar-refractivity contribution < 1.29 is 19.1 Å². The van der Waals surface area contributed by atoms with Crippen LogP contribution in [-0.2, 0) is 11.5 Å². The summed E-state index contributed by atoms with van der Waals surface area (Å²) in [6.07, 6.45) is 0.986. The van der Waals surface area contributed by atoms with Crippen LogP contribution in [0.5, 0.6) is 0 Å². The van der Waals surface area contributed by atoms with Crippen molar-refractivity contribution in [2.24, 2.45) is 5.73 Å². The molecule has 1 saturated heterocycles. The molecule has 9 nitrogen and oxygen atoms in total. The Labute approximate surface area is 182 Å². The first-order valence-electron chi connectivity index (χ1n) is 9.97. The molecule has 0 aliphatic carbocycles. The summed E-state index contributed by atoms with van der Waals surface area (Å²) in [6, 6.07) is 10.9. The van der Waals surface area contributed by atoms with Crippen LogP contribution in [0.1, 0.15) is 39.8 Å². The molecule has 2 atom stereocenters. The number of halogens is 1. The Hall–Kier alpha value is -3.92. The van der Waals surface area contributed by atoms with Crippen LogP contribution in [0.3, 0.4) is 0 Å². The summed E-state index contributed by atoms with van der Waals surface area (Å²) in [7, 11) is 0. The first-order valence-corrected chi connectivity index (χ1v) is 9.97. The zero-order valence-corrected chi connectivity index (χ0v) is 17.0. The number of aliphatic hydroxyl groups excluding tert-OH is 1. The first-order chi connectivity index (χ1) is 15.4. The Morgan fingerprint density at radius 1 is 1.25 bits per heavy atom. The van der Waals surface area contributed by atoms with E-state index in [9.17, 15) is 19.1 Å². The van der Waals surface area contributed by atoms with E-state index in [-0.39, 0.29) is 17.4 Å². The number of amides is 2. The van der Waals surface area contributed by atoms with Gasteiger partial charge >= 0.3 is 0 Å². The predicted octanol–water partition coefficient (Wildman–Crippen LogP) is 1.49. The number of nitrogens with one attached hydrogen (secondary N) is 2. The van der Waals surface area contributed by atoms with Crippen molar-refractivity contribution >= 4 is 17.6 Å². The molecule has 2 aromatic heterocycles. The molecule has 0 radical (unpaired) electrons. The average Bonchev–Trinajstić information content (AvgIpc) is 3.22. The minimum Gasteiger partial charge on any atom is -0.382 e. The van der Waals surface area contributed by atoms with Crippen molar-refractivity contribution in [3.05, 3.63) is 71.2 Å². The summed E-state index contributed by atoms with van der Waals surface area (Å²) >= 11 is 0. The quantitative estimate of drug-likeness (QED) is 0.439. The van der Waals surface area contributed by atoms with Crippen LogP contribution < -0.4 is 16.4 Å². The van der Waals surface area contributed by atoms with E-state index in [1.807, 2.05) is 0 Å². The molecule has 2 amide bonds. The third-order valence-corrected chi connectivity index (χ3v) is 5.12. The topological polar surface area (TPSA) is 143 Å². The van der Waals surface area contributed by atoms with Gasteiger partial charge in [0.1, 0.15) is 30.3 Å². The monoisotopic (exact) mass is 436 g/mol. The molecule has 1 fully saturated rings. The number of carbonyl (C=O) groups excluding carboxylic acids is 2. The fourth-order valence-corrected chi connectivity index (χ4v) is 3.35. The number of pyridine rings is 1. The van der Waals surface area contributed by atoms with Crippen LogP contribution in [0.4, 0.5) is 10.2 Å². The van der Waals surface area contributed by atoms with Gasteiger partial charge < -0.3 is 21.5 Å². The number of alkyl halides is 1. The molecule has 3 aromatic rings. The number of nitrogens with zero attached hydrogens (tertiary/aromatic N) is 3. The molecule has 1 aliphatic heterocycles. The zero-order valence-electron chi connectivity index (χ0n) is 17.0. The summed E-state index contributed by atoms with van der Waals surface area (Å²) in [5.74, 6) is -0.305. The number of primary amides is 1. The van der Waals surface area contributed by atoms with Crippen LogP contribution >= 0.6 is 0 Å². The Bertz CT molecular complexity index is 1140. The van der Waals surface area contributed by atoms with Crippen LogP contribution in [-0.4, -0.2) is 44.5 Å². The van der Waals surface area contributed by atoms with E-state index in [0.717, 1.165) is 0 Å². The van der Waals surface area contributed by atoms with Gasteiger partial charge in [0.15, 0.2) is 5.82 Å². The van der Waals surface area contributed by atoms with E-state index in [4.69, 9.17) is 5.73 Å². The van der Waals surface area contributed by atoms with Gasteiger partial charge in [0.2, 0.25) is 5.91 Å². The van der Waals surface area contributed by atoms with E-state index < -0.39 is 24.7 Å². The highest BCUT2D eigenvalue weighted by Gasteiger charge is 2.25. The van der Waals surface area contributed by atoms with Crippen LogP contribution in [0.2, 0.25) is 0 Å². The van der Waals surface area contributed by atoms with Gasteiger partial charge in [-0.05, 0) is 18.1 Å². The first kappa shape index (κ1) is 21.3. The lowest BCUT2D eigenvalue weighted by Crippen LogP contribution is -2.30. The lowest BCUT2D eigenvalue weighted by atomic mass is 10.0. The molecule has 164 valence electrons. The minimum absolute atomic E-state index is 0.0113. The number of rotatable bonds is 7. The molecular weight excluding hydrogens is 415 g/mol. The summed E-state index contributed by atoms with van der Waals surface area (Å²) in [6.45, 7) is -0.0586. The second kappa shape index (κ2) is 9.06. The maximum Gasteiger partial charge on any atom is 0.267 e. The molecule has 5 N–H and O–H groups in total. The van der Waals surface area contributed by atoms with Crippen LogP contribution in [0.25, 0.3) is 11.4 Å². The zero-order chi connectivity index (χ0) is 22.7. The second-order valence-electron chi connectivity index (χ2n) is 7.35. The highest BCUT2D eigenvalue weighted by Crippen LogP contribution is 2.25. The third kappa shape index (κ3) is 4.54. The van der Waals surface area contributed by atoms with Crippen molar-refractivity contribution in [1.82, 2.24) is 20.3 Å². The molecule has 0 saturated carbocycles. The van der Waals surface area contributed by atoms with Crippen molar-refractivity contribution in [1.29, 1.82) is 0 Å². The lowest BCUT2D eigenvalue weighted by molar-refractivity contribution is -0.119. The molecule has 3 heterocycles. The SMILES string of the molecule is NC(=O)c1cc(NC2CCNC2=O)nc(-c2ccc(C(O)c3ccc(CF)cn3)cc2)n1. The van der Waals surface area contributed by atoms with Gasteiger partial charge in [-0.2, -0.15) is 0 Å². The fourth-order valence-electron chi connectivity index (χ4n) is 3.35. The highest BCUT2D eigenvalue weighted by molar-refractivity contribution is 5.92. The molecule has 4 rings (SSSR count). The Balaban J connectivity index is 1.59. The molecule has 0 spiro atoms. The molecule has 1 aromatic carbocycles. The summed E-state index contributed by atoms with van der Waals surface area (Å²) in [5.41, 5.74) is 7.41. The predicted molar refractivity (Wildman–Crippen MR) is 114 cm³/mol. The summed E-state index contributed by atoms with van der Waals surface area (Å²) in [5, 5.41) is 16.3. The van der Waals surface area contributed by atoms with Crippen molar-refractivity contribution in [3.63, 3.8) is 0 Å². The second-order valence-corrected chi connectivity index (χ2v) is 7.35. The molecule has 32 heavy (non-hydrogen) atoms. The van der Waals surface area contributed by atoms with Gasteiger partial charge in [-0.1, -0.05) is 30.3 Å². The molecular formula is C22H21FN6O3. The number of hydrogen-bond donors (Lipinski definition) is 4. The summed E-state index contributed by atoms with van der Waals surface area (Å²) < 4.78 is 12.7. The molecule has 1 aliphatic rings. The highest BCUT2D eigenvalue weighted by atomic mass is 19.1. The minimum atomic E-state index is -0.992. The smallest absolute Gasteiger partial charge is 0.267 e. The average molecular weight is 436 g/mol. The number of aliphatic hydroxyl groups is 1. The van der Waals surface area contributed by atoms with Crippen LogP contribution in [0, 0.1) is 0 Å². The van der Waals surface area contributed by atoms with E-state index >= 15 is 0 Å². The van der Waals surface area contributed by atoms with E-state index in [1.165, 1.54) is 12.3 Å².